The Kier molecular flexibility index (Phi) is 5.28. The highest BCUT2D eigenvalue weighted by Crippen LogP contribution is 2.33. The predicted octanol–water partition coefficient (Wildman–Crippen LogP) is 2.81. The first-order valence-electron chi connectivity index (χ1n) is 10.3. The number of aryl methyl sites for hydroxylation is 1. The summed E-state index contributed by atoms with van der Waals surface area (Å²) in [7, 11) is 1.90. The van der Waals surface area contributed by atoms with E-state index in [0.29, 0.717) is 17.8 Å². The van der Waals surface area contributed by atoms with Crippen LogP contribution in [-0.4, -0.2) is 49.4 Å². The first-order chi connectivity index (χ1) is 14.0. The molecule has 2 aromatic rings. The molecule has 2 aliphatic rings. The number of nitrogens with zero attached hydrogens (tertiary/aromatic N) is 2. The number of carbonyl (C=O) groups excluding carboxylic acids is 2. The number of carbonyl (C=O) groups is 2. The van der Waals surface area contributed by atoms with Gasteiger partial charge in [0.25, 0.3) is 5.91 Å². The summed E-state index contributed by atoms with van der Waals surface area (Å²) >= 11 is 0. The number of piperazine rings is 1. The zero-order valence-corrected chi connectivity index (χ0v) is 17.2. The lowest BCUT2D eigenvalue weighted by atomic mass is 9.99. The highest BCUT2D eigenvalue weighted by atomic mass is 16.2. The van der Waals surface area contributed by atoms with Gasteiger partial charge in [-0.3, -0.25) is 9.59 Å². The lowest BCUT2D eigenvalue weighted by molar-refractivity contribution is -0.117. The van der Waals surface area contributed by atoms with Crippen LogP contribution < -0.4 is 15.5 Å². The Morgan fingerprint density at radius 1 is 1.17 bits per heavy atom. The molecule has 152 valence electrons. The molecular formula is C23H28N4O2. The molecule has 2 heterocycles. The molecule has 2 N–H and O–H groups in total. The van der Waals surface area contributed by atoms with Gasteiger partial charge in [-0.15, -0.1) is 0 Å². The van der Waals surface area contributed by atoms with E-state index in [2.05, 4.69) is 41.8 Å². The monoisotopic (exact) mass is 392 g/mol. The molecule has 2 unspecified atom stereocenters. The number of anilines is 2. The third kappa shape index (κ3) is 3.60. The van der Waals surface area contributed by atoms with E-state index in [9.17, 15) is 9.59 Å². The second-order valence-electron chi connectivity index (χ2n) is 7.82. The zero-order chi connectivity index (χ0) is 20.5. The van der Waals surface area contributed by atoms with E-state index in [1.807, 2.05) is 35.9 Å². The number of likely N-dealkylation sites (N-methyl/N-ethyl adjacent to an activating group) is 1. The highest BCUT2D eigenvalue weighted by molar-refractivity contribution is 6.05. The Morgan fingerprint density at radius 2 is 1.93 bits per heavy atom. The van der Waals surface area contributed by atoms with Crippen LogP contribution in [0.15, 0.2) is 42.5 Å². The molecule has 0 radical (unpaired) electrons. The van der Waals surface area contributed by atoms with E-state index in [1.165, 1.54) is 5.56 Å². The van der Waals surface area contributed by atoms with Crippen molar-refractivity contribution in [3.63, 3.8) is 0 Å². The van der Waals surface area contributed by atoms with E-state index in [1.54, 1.807) is 6.07 Å². The van der Waals surface area contributed by atoms with Crippen molar-refractivity contribution in [2.45, 2.75) is 32.4 Å². The molecule has 0 spiro atoms. The van der Waals surface area contributed by atoms with Gasteiger partial charge in [0.1, 0.15) is 6.04 Å². The number of hydrogen-bond acceptors (Lipinski definition) is 4. The normalized spacial score (nSPS) is 21.6. The first kappa shape index (κ1) is 19.5. The fourth-order valence-electron chi connectivity index (χ4n) is 4.08. The molecule has 6 heteroatoms. The van der Waals surface area contributed by atoms with Crippen molar-refractivity contribution in [3.8, 4) is 0 Å². The lowest BCUT2D eigenvalue weighted by Gasteiger charge is -2.37. The molecule has 1 saturated heterocycles. The Labute approximate surface area is 171 Å². The molecular weight excluding hydrogens is 364 g/mol. The summed E-state index contributed by atoms with van der Waals surface area (Å²) in [6.45, 7) is 6.17. The Morgan fingerprint density at radius 3 is 2.66 bits per heavy atom. The van der Waals surface area contributed by atoms with Gasteiger partial charge in [-0.05, 0) is 42.7 Å². The van der Waals surface area contributed by atoms with Gasteiger partial charge in [0.2, 0.25) is 5.91 Å². The average Bonchev–Trinajstić information content (AvgIpc) is 2.77. The molecule has 2 aromatic carbocycles. The minimum atomic E-state index is -0.229. The summed E-state index contributed by atoms with van der Waals surface area (Å²) in [4.78, 5) is 29.5. The molecule has 0 aliphatic carbocycles. The summed E-state index contributed by atoms with van der Waals surface area (Å²) in [6.07, 6.45) is 1.000. The Balaban J connectivity index is 1.62. The quantitative estimate of drug-likeness (QED) is 0.843. The molecule has 2 amide bonds. The van der Waals surface area contributed by atoms with Crippen LogP contribution in [0.1, 0.15) is 41.4 Å². The minimum absolute atomic E-state index is 0.00419. The molecule has 6 nitrogen and oxygen atoms in total. The SMILES string of the molecule is CCc1ccc(C2CNCCN2C(=O)c2ccc3c(c2)NC(=O)C(C)N3C)cc1. The predicted molar refractivity (Wildman–Crippen MR) is 115 cm³/mol. The topological polar surface area (TPSA) is 64.7 Å². The molecule has 4 rings (SSSR count). The summed E-state index contributed by atoms with van der Waals surface area (Å²) in [6, 6.07) is 13.9. The van der Waals surface area contributed by atoms with Crippen molar-refractivity contribution >= 4 is 23.2 Å². The van der Waals surface area contributed by atoms with Crippen LogP contribution in [-0.2, 0) is 11.2 Å². The van der Waals surface area contributed by atoms with E-state index in [-0.39, 0.29) is 23.9 Å². The van der Waals surface area contributed by atoms with Crippen molar-refractivity contribution in [1.29, 1.82) is 0 Å². The standard InChI is InChI=1S/C23H28N4O2/c1-4-16-5-7-17(8-6-16)21-14-24-11-12-27(21)23(29)18-9-10-20-19(13-18)25-22(28)15(2)26(20)3/h5-10,13,15,21,24H,4,11-12,14H2,1-3H3,(H,25,28). The number of fused-ring (bicyclic) bond motifs is 1. The number of amides is 2. The van der Waals surface area contributed by atoms with Gasteiger partial charge in [0.05, 0.1) is 17.4 Å². The van der Waals surface area contributed by atoms with Crippen LogP contribution in [0.5, 0.6) is 0 Å². The minimum Gasteiger partial charge on any atom is -0.361 e. The van der Waals surface area contributed by atoms with Crippen molar-refractivity contribution < 1.29 is 9.59 Å². The van der Waals surface area contributed by atoms with E-state index in [0.717, 1.165) is 30.8 Å². The fraction of sp³-hybridized carbons (Fsp3) is 0.391. The van der Waals surface area contributed by atoms with Crippen LogP contribution in [0.4, 0.5) is 11.4 Å². The summed E-state index contributed by atoms with van der Waals surface area (Å²) in [5.74, 6) is -0.0601. The summed E-state index contributed by atoms with van der Waals surface area (Å²) in [5.41, 5.74) is 4.66. The second kappa shape index (κ2) is 7.87. The van der Waals surface area contributed by atoms with Gasteiger partial charge in [-0.1, -0.05) is 31.2 Å². The van der Waals surface area contributed by atoms with Gasteiger partial charge in [0.15, 0.2) is 0 Å². The zero-order valence-electron chi connectivity index (χ0n) is 17.2. The average molecular weight is 393 g/mol. The Hall–Kier alpha value is -2.86. The van der Waals surface area contributed by atoms with E-state index >= 15 is 0 Å². The van der Waals surface area contributed by atoms with Crippen LogP contribution in [0.2, 0.25) is 0 Å². The van der Waals surface area contributed by atoms with Crippen LogP contribution in [0.3, 0.4) is 0 Å². The van der Waals surface area contributed by atoms with Gasteiger partial charge in [-0.2, -0.15) is 0 Å². The molecule has 2 aliphatic heterocycles. The summed E-state index contributed by atoms with van der Waals surface area (Å²) in [5, 5.41) is 6.34. The van der Waals surface area contributed by atoms with Gasteiger partial charge >= 0.3 is 0 Å². The van der Waals surface area contributed by atoms with Gasteiger partial charge in [0, 0.05) is 32.2 Å². The van der Waals surface area contributed by atoms with Crippen molar-refractivity contribution in [2.24, 2.45) is 0 Å². The fourth-order valence-corrected chi connectivity index (χ4v) is 4.08. The number of rotatable bonds is 3. The van der Waals surface area contributed by atoms with E-state index < -0.39 is 0 Å². The van der Waals surface area contributed by atoms with Crippen molar-refractivity contribution in [3.05, 3.63) is 59.2 Å². The number of nitrogens with one attached hydrogen (secondary N) is 2. The van der Waals surface area contributed by atoms with Crippen LogP contribution >= 0.6 is 0 Å². The van der Waals surface area contributed by atoms with E-state index in [4.69, 9.17) is 0 Å². The molecule has 1 fully saturated rings. The largest absolute Gasteiger partial charge is 0.361 e. The molecule has 0 saturated carbocycles. The van der Waals surface area contributed by atoms with Gasteiger partial charge in [-0.25, -0.2) is 0 Å². The number of hydrogen-bond donors (Lipinski definition) is 2. The lowest BCUT2D eigenvalue weighted by Crippen LogP contribution is -2.48. The third-order valence-electron chi connectivity index (χ3n) is 6.12. The molecule has 0 bridgehead atoms. The molecule has 0 aromatic heterocycles. The second-order valence-corrected chi connectivity index (χ2v) is 7.82. The summed E-state index contributed by atoms with van der Waals surface area (Å²) < 4.78 is 0. The van der Waals surface area contributed by atoms with Crippen LogP contribution in [0.25, 0.3) is 0 Å². The Bertz CT molecular complexity index is 925. The maximum atomic E-state index is 13.4. The number of benzene rings is 2. The first-order valence-corrected chi connectivity index (χ1v) is 10.3. The maximum Gasteiger partial charge on any atom is 0.254 e. The van der Waals surface area contributed by atoms with Crippen molar-refractivity contribution in [1.82, 2.24) is 10.2 Å². The molecule has 2 atom stereocenters. The molecule has 29 heavy (non-hydrogen) atoms. The van der Waals surface area contributed by atoms with Gasteiger partial charge < -0.3 is 20.4 Å². The maximum absolute atomic E-state index is 13.4. The third-order valence-corrected chi connectivity index (χ3v) is 6.12. The highest BCUT2D eigenvalue weighted by Gasteiger charge is 2.31. The smallest absolute Gasteiger partial charge is 0.254 e. The van der Waals surface area contributed by atoms with Crippen LogP contribution in [0, 0.1) is 0 Å². The van der Waals surface area contributed by atoms with Crippen molar-refractivity contribution in [2.75, 3.05) is 36.9 Å².